The highest BCUT2D eigenvalue weighted by atomic mass is 35.5. The summed E-state index contributed by atoms with van der Waals surface area (Å²) in [6.07, 6.45) is 2.64. The van der Waals surface area contributed by atoms with Crippen molar-refractivity contribution in [3.8, 4) is 11.5 Å². The van der Waals surface area contributed by atoms with E-state index in [2.05, 4.69) is 6.92 Å². The summed E-state index contributed by atoms with van der Waals surface area (Å²) < 4.78 is 0. The molecule has 0 aromatic heterocycles. The predicted octanol–water partition coefficient (Wildman–Crippen LogP) is 5.94. The van der Waals surface area contributed by atoms with Gasteiger partial charge in [0.1, 0.15) is 11.5 Å². The Morgan fingerprint density at radius 2 is 1.26 bits per heavy atom. The fourth-order valence-corrected chi connectivity index (χ4v) is 6.19. The van der Waals surface area contributed by atoms with Crippen molar-refractivity contribution in [3.63, 3.8) is 0 Å². The first-order valence-electron chi connectivity index (χ1n) is 6.98. The Kier molecular flexibility index (Phi) is 6.71. The van der Waals surface area contributed by atoms with Crippen molar-refractivity contribution >= 4 is 64.9 Å². The summed E-state index contributed by atoms with van der Waals surface area (Å²) in [5, 5.41) is 23.2. The van der Waals surface area contributed by atoms with Crippen LogP contribution >= 0.6 is 54.3 Å². The number of hydrogen-bond acceptors (Lipinski definition) is 2. The van der Waals surface area contributed by atoms with Crippen molar-refractivity contribution in [2.24, 2.45) is 0 Å². The molecule has 0 spiro atoms. The zero-order valence-electron chi connectivity index (χ0n) is 12.3. The fraction of sp³-hybridized carbons (Fsp3) is 0.250. The first kappa shape index (κ1) is 19.0. The highest BCUT2D eigenvalue weighted by Gasteiger charge is 2.24. The molecular weight excluding hydrogens is 397 g/mol. The molecule has 23 heavy (non-hydrogen) atoms. The molecule has 0 saturated carbocycles. The Hall–Kier alpha value is -0.370. The van der Waals surface area contributed by atoms with Crippen molar-refractivity contribution in [2.45, 2.75) is 19.8 Å². The van der Waals surface area contributed by atoms with Gasteiger partial charge in [0.15, 0.2) is 0 Å². The summed E-state index contributed by atoms with van der Waals surface area (Å²) in [6.45, 7) is 2.07. The second-order valence-corrected chi connectivity index (χ2v) is 8.97. The van der Waals surface area contributed by atoms with Gasteiger partial charge in [-0.05, 0) is 44.8 Å². The predicted molar refractivity (Wildman–Crippen MR) is 102 cm³/mol. The molecule has 7 heteroatoms. The van der Waals surface area contributed by atoms with E-state index in [0.717, 1.165) is 19.0 Å². The first-order valence-corrected chi connectivity index (χ1v) is 10.0. The van der Waals surface area contributed by atoms with Crippen molar-refractivity contribution in [3.05, 3.63) is 44.4 Å². The summed E-state index contributed by atoms with van der Waals surface area (Å²) in [5.41, 5.74) is 0. The third-order valence-electron chi connectivity index (χ3n) is 3.33. The number of hydrogen-bond donors (Lipinski definition) is 2. The molecular formula is C16H15Cl4O2P. The van der Waals surface area contributed by atoms with Crippen LogP contribution in [0.1, 0.15) is 19.8 Å². The molecule has 2 rings (SSSR count). The monoisotopic (exact) mass is 410 g/mol. The Morgan fingerprint density at radius 3 is 1.65 bits per heavy atom. The van der Waals surface area contributed by atoms with Gasteiger partial charge in [0.05, 0.1) is 10.0 Å². The molecule has 0 saturated heterocycles. The van der Waals surface area contributed by atoms with Crippen LogP contribution in [0.2, 0.25) is 20.1 Å². The van der Waals surface area contributed by atoms with Gasteiger partial charge >= 0.3 is 0 Å². The second-order valence-electron chi connectivity index (χ2n) is 5.02. The highest BCUT2D eigenvalue weighted by Crippen LogP contribution is 2.45. The number of rotatable bonds is 5. The summed E-state index contributed by atoms with van der Waals surface area (Å²) in [4.78, 5) is 0. The molecule has 2 nitrogen and oxygen atoms in total. The minimum absolute atomic E-state index is 0.0196. The van der Waals surface area contributed by atoms with Crippen LogP contribution < -0.4 is 10.6 Å². The van der Waals surface area contributed by atoms with E-state index in [0.29, 0.717) is 20.7 Å². The van der Waals surface area contributed by atoms with Gasteiger partial charge in [0, 0.05) is 20.7 Å². The van der Waals surface area contributed by atoms with Crippen LogP contribution in [0, 0.1) is 0 Å². The average Bonchev–Trinajstić information content (AvgIpc) is 2.48. The smallest absolute Gasteiger partial charge is 0.142 e. The Balaban J connectivity index is 2.63. The highest BCUT2D eigenvalue weighted by molar-refractivity contribution is 7.73. The number of unbranched alkanes of at least 4 members (excludes halogenated alkanes) is 1. The van der Waals surface area contributed by atoms with Gasteiger partial charge < -0.3 is 10.2 Å². The minimum atomic E-state index is -1.10. The number of phenols is 2. The van der Waals surface area contributed by atoms with Crippen LogP contribution in [0.4, 0.5) is 0 Å². The molecule has 0 aliphatic rings. The maximum absolute atomic E-state index is 10.4. The van der Waals surface area contributed by atoms with Crippen LogP contribution in [0.3, 0.4) is 0 Å². The van der Waals surface area contributed by atoms with Crippen LogP contribution in [0.15, 0.2) is 24.3 Å². The van der Waals surface area contributed by atoms with E-state index in [1.807, 2.05) is 0 Å². The van der Waals surface area contributed by atoms with Crippen molar-refractivity contribution in [1.29, 1.82) is 0 Å². The maximum atomic E-state index is 10.4. The van der Waals surface area contributed by atoms with Crippen molar-refractivity contribution < 1.29 is 10.2 Å². The van der Waals surface area contributed by atoms with E-state index in [4.69, 9.17) is 46.4 Å². The molecule has 0 aliphatic heterocycles. The molecule has 0 aliphatic carbocycles. The van der Waals surface area contributed by atoms with Gasteiger partial charge in [0.2, 0.25) is 0 Å². The quantitative estimate of drug-likeness (QED) is 0.597. The van der Waals surface area contributed by atoms with Crippen LogP contribution in [-0.2, 0) is 0 Å². The van der Waals surface area contributed by atoms with Crippen molar-refractivity contribution in [1.82, 2.24) is 0 Å². The second kappa shape index (κ2) is 8.14. The lowest BCUT2D eigenvalue weighted by Gasteiger charge is -2.22. The van der Waals surface area contributed by atoms with Gasteiger partial charge in [-0.2, -0.15) is 0 Å². The molecule has 2 N–H and O–H groups in total. The van der Waals surface area contributed by atoms with E-state index in [-0.39, 0.29) is 21.5 Å². The van der Waals surface area contributed by atoms with Crippen LogP contribution in [0.25, 0.3) is 0 Å². The molecule has 0 bridgehead atoms. The average molecular weight is 412 g/mol. The molecule has 2 aromatic rings. The van der Waals surface area contributed by atoms with E-state index >= 15 is 0 Å². The number of phenolic OH excluding ortho intramolecular Hbond substituents is 2. The third kappa shape index (κ3) is 4.38. The molecule has 0 amide bonds. The van der Waals surface area contributed by atoms with Gasteiger partial charge in [-0.3, -0.25) is 0 Å². The van der Waals surface area contributed by atoms with E-state index in [9.17, 15) is 10.2 Å². The lowest BCUT2D eigenvalue weighted by Crippen LogP contribution is -2.16. The molecule has 0 fully saturated rings. The normalized spacial score (nSPS) is 11.2. The molecule has 124 valence electrons. The lowest BCUT2D eigenvalue weighted by atomic mass is 10.3. The standard InChI is InChI=1S/C16H15Cl4O2P/c1-2-3-4-23(13-7-9(17)5-11(19)15(13)21)14-8-10(18)6-12(20)16(14)22/h5-8,21-22H,2-4H2,1H3. The van der Waals surface area contributed by atoms with E-state index in [1.54, 1.807) is 12.1 Å². The molecule has 0 radical (unpaired) electrons. The molecule has 0 unspecified atom stereocenters. The van der Waals surface area contributed by atoms with E-state index < -0.39 is 7.92 Å². The summed E-state index contributed by atoms with van der Waals surface area (Å²) in [5.74, 6) is -0.0393. The Bertz CT molecular complexity index is 664. The van der Waals surface area contributed by atoms with Gasteiger partial charge in [-0.15, -0.1) is 0 Å². The topological polar surface area (TPSA) is 40.5 Å². The molecule has 0 heterocycles. The van der Waals surface area contributed by atoms with Crippen molar-refractivity contribution in [2.75, 3.05) is 6.16 Å². The zero-order chi connectivity index (χ0) is 17.1. The minimum Gasteiger partial charge on any atom is -0.506 e. The molecule has 2 aromatic carbocycles. The SMILES string of the molecule is CCCCP(c1cc(Cl)cc(Cl)c1O)c1cc(Cl)cc(Cl)c1O. The Morgan fingerprint density at radius 1 is 0.826 bits per heavy atom. The largest absolute Gasteiger partial charge is 0.506 e. The number of halogens is 4. The first-order chi connectivity index (χ1) is 10.8. The summed E-state index contributed by atoms with van der Waals surface area (Å²) >= 11 is 24.3. The fourth-order valence-electron chi connectivity index (χ4n) is 2.20. The van der Waals surface area contributed by atoms with Crippen LogP contribution in [0.5, 0.6) is 11.5 Å². The lowest BCUT2D eigenvalue weighted by molar-refractivity contribution is 0.479. The number of benzene rings is 2. The Labute approximate surface area is 156 Å². The van der Waals surface area contributed by atoms with Crippen LogP contribution in [-0.4, -0.2) is 16.4 Å². The maximum Gasteiger partial charge on any atom is 0.142 e. The molecule has 0 atom stereocenters. The van der Waals surface area contributed by atoms with E-state index in [1.165, 1.54) is 12.1 Å². The zero-order valence-corrected chi connectivity index (χ0v) is 16.2. The summed E-state index contributed by atoms with van der Waals surface area (Å²) in [7, 11) is -1.10. The number of aromatic hydroxyl groups is 2. The van der Waals surface area contributed by atoms with Gasteiger partial charge in [-0.25, -0.2) is 0 Å². The third-order valence-corrected chi connectivity index (χ3v) is 6.95. The van der Waals surface area contributed by atoms with Gasteiger partial charge in [-0.1, -0.05) is 59.7 Å². The summed E-state index contributed by atoms with van der Waals surface area (Å²) in [6, 6.07) is 6.33. The van der Waals surface area contributed by atoms with Gasteiger partial charge in [0.25, 0.3) is 0 Å².